The van der Waals surface area contributed by atoms with Gasteiger partial charge in [0.1, 0.15) is 11.4 Å². The molecule has 2 unspecified atom stereocenters. The van der Waals surface area contributed by atoms with Crippen molar-refractivity contribution in [2.75, 3.05) is 26.4 Å². The first-order valence-corrected chi connectivity index (χ1v) is 7.75. The normalized spacial score (nSPS) is 23.5. The number of rotatable bonds is 7. The average Bonchev–Trinajstić information content (AvgIpc) is 2.90. The van der Waals surface area contributed by atoms with Crippen LogP contribution in [-0.4, -0.2) is 37.1 Å². The van der Waals surface area contributed by atoms with Crippen molar-refractivity contribution in [2.24, 2.45) is 5.92 Å². The van der Waals surface area contributed by atoms with Gasteiger partial charge in [0.25, 0.3) is 0 Å². The molecule has 0 amide bonds. The molecule has 0 bridgehead atoms. The van der Waals surface area contributed by atoms with Crippen LogP contribution < -0.4 is 10.1 Å². The molecule has 1 fully saturated rings. The van der Waals surface area contributed by atoms with Crippen molar-refractivity contribution in [3.05, 3.63) is 29.8 Å². The van der Waals surface area contributed by atoms with E-state index in [1.165, 1.54) is 5.56 Å². The lowest BCUT2D eigenvalue weighted by atomic mass is 10.0. The largest absolute Gasteiger partial charge is 0.493 e. The molecule has 2 N–H and O–H groups in total. The lowest BCUT2D eigenvalue weighted by molar-refractivity contribution is 0.0252. The van der Waals surface area contributed by atoms with Gasteiger partial charge in [-0.1, -0.05) is 26.0 Å². The van der Waals surface area contributed by atoms with E-state index in [0.29, 0.717) is 32.1 Å². The summed E-state index contributed by atoms with van der Waals surface area (Å²) in [5, 5.41) is 13.6. The molecule has 2 atom stereocenters. The van der Waals surface area contributed by atoms with Crippen LogP contribution in [0.1, 0.15) is 38.8 Å². The molecule has 1 aliphatic heterocycles. The molecule has 0 radical (unpaired) electrons. The topological polar surface area (TPSA) is 50.7 Å². The Labute approximate surface area is 127 Å². The first-order chi connectivity index (χ1) is 9.98. The number of nitrogens with one attached hydrogen (secondary N) is 1. The van der Waals surface area contributed by atoms with Crippen molar-refractivity contribution in [3.63, 3.8) is 0 Å². The van der Waals surface area contributed by atoms with Gasteiger partial charge >= 0.3 is 0 Å². The maximum absolute atomic E-state index is 10.2. The summed E-state index contributed by atoms with van der Waals surface area (Å²) in [7, 11) is 0. The molecule has 1 aliphatic rings. The highest BCUT2D eigenvalue weighted by molar-refractivity contribution is 5.29. The smallest absolute Gasteiger partial charge is 0.119 e. The summed E-state index contributed by atoms with van der Waals surface area (Å²) in [6.07, 6.45) is 0.703. The first-order valence-electron chi connectivity index (χ1n) is 7.75. The fourth-order valence-electron chi connectivity index (χ4n) is 2.31. The van der Waals surface area contributed by atoms with Crippen molar-refractivity contribution in [2.45, 2.75) is 38.8 Å². The van der Waals surface area contributed by atoms with E-state index in [1.807, 2.05) is 12.1 Å². The molecule has 1 aromatic rings. The van der Waals surface area contributed by atoms with E-state index in [1.54, 1.807) is 0 Å². The van der Waals surface area contributed by atoms with Gasteiger partial charge in [-0.3, -0.25) is 0 Å². The van der Waals surface area contributed by atoms with Crippen LogP contribution in [0.25, 0.3) is 0 Å². The van der Waals surface area contributed by atoms with Crippen molar-refractivity contribution in [3.8, 4) is 5.75 Å². The third kappa shape index (κ3) is 4.99. The Kier molecular flexibility index (Phi) is 5.62. The summed E-state index contributed by atoms with van der Waals surface area (Å²) in [6.45, 7) is 8.74. The summed E-state index contributed by atoms with van der Waals surface area (Å²) in [5.74, 6) is 1.43. The second-order valence-corrected chi connectivity index (χ2v) is 6.40. The Bertz CT molecular complexity index is 424. The lowest BCUT2D eigenvalue weighted by Crippen LogP contribution is -2.41. The first kappa shape index (κ1) is 16.3. The molecule has 118 valence electrons. The molecule has 4 heteroatoms. The molecule has 4 nitrogen and oxygen atoms in total. The van der Waals surface area contributed by atoms with Gasteiger partial charge in [-0.25, -0.2) is 0 Å². The van der Waals surface area contributed by atoms with E-state index >= 15 is 0 Å². The standard InChI is InChI=1S/C17H27NO3/c1-13(2)10-21-16-6-4-15(5-7-16)14(3)18-11-17(19)8-9-20-12-17/h4-7,13-14,18-19H,8-12H2,1-3H3. The zero-order valence-electron chi connectivity index (χ0n) is 13.3. The van der Waals surface area contributed by atoms with Crippen LogP contribution in [0.2, 0.25) is 0 Å². The van der Waals surface area contributed by atoms with E-state index < -0.39 is 5.60 Å². The minimum absolute atomic E-state index is 0.189. The Morgan fingerprint density at radius 2 is 2.00 bits per heavy atom. The summed E-state index contributed by atoms with van der Waals surface area (Å²) in [4.78, 5) is 0. The second kappa shape index (κ2) is 7.25. The number of aliphatic hydroxyl groups is 1. The Morgan fingerprint density at radius 3 is 2.57 bits per heavy atom. The van der Waals surface area contributed by atoms with Crippen LogP contribution >= 0.6 is 0 Å². The molecule has 21 heavy (non-hydrogen) atoms. The van der Waals surface area contributed by atoms with Crippen LogP contribution in [0.5, 0.6) is 5.75 Å². The lowest BCUT2D eigenvalue weighted by Gasteiger charge is -2.24. The van der Waals surface area contributed by atoms with E-state index in [0.717, 1.165) is 12.4 Å². The van der Waals surface area contributed by atoms with Gasteiger partial charge in [0.15, 0.2) is 0 Å². The van der Waals surface area contributed by atoms with Crippen molar-refractivity contribution in [1.29, 1.82) is 0 Å². The van der Waals surface area contributed by atoms with Crippen LogP contribution in [0.15, 0.2) is 24.3 Å². The predicted molar refractivity (Wildman–Crippen MR) is 83.6 cm³/mol. The molecule has 0 aromatic heterocycles. The number of hydrogen-bond acceptors (Lipinski definition) is 4. The molecule has 1 saturated heterocycles. The van der Waals surface area contributed by atoms with Gasteiger partial charge in [0.05, 0.1) is 13.2 Å². The van der Waals surface area contributed by atoms with Gasteiger partial charge in [0.2, 0.25) is 0 Å². The molecular weight excluding hydrogens is 266 g/mol. The number of ether oxygens (including phenoxy) is 2. The Balaban J connectivity index is 1.83. The SMILES string of the molecule is CC(C)COc1ccc(C(C)NCC2(O)CCOC2)cc1. The highest BCUT2D eigenvalue weighted by Crippen LogP contribution is 2.21. The average molecular weight is 293 g/mol. The zero-order valence-corrected chi connectivity index (χ0v) is 13.3. The van der Waals surface area contributed by atoms with E-state index in [2.05, 4.69) is 38.2 Å². The van der Waals surface area contributed by atoms with E-state index in [-0.39, 0.29) is 6.04 Å². The fraction of sp³-hybridized carbons (Fsp3) is 0.647. The minimum Gasteiger partial charge on any atom is -0.493 e. The minimum atomic E-state index is -0.714. The molecule has 1 heterocycles. The van der Waals surface area contributed by atoms with Gasteiger partial charge in [-0.05, 0) is 30.5 Å². The zero-order chi connectivity index (χ0) is 15.3. The predicted octanol–water partition coefficient (Wildman–Crippen LogP) is 2.52. The maximum Gasteiger partial charge on any atom is 0.119 e. The van der Waals surface area contributed by atoms with Crippen LogP contribution in [-0.2, 0) is 4.74 Å². The van der Waals surface area contributed by atoms with Crippen molar-refractivity contribution in [1.82, 2.24) is 5.32 Å². The van der Waals surface area contributed by atoms with Gasteiger partial charge in [0, 0.05) is 25.6 Å². The molecule has 0 saturated carbocycles. The van der Waals surface area contributed by atoms with Gasteiger partial charge in [-0.15, -0.1) is 0 Å². The van der Waals surface area contributed by atoms with Crippen LogP contribution in [0.3, 0.4) is 0 Å². The van der Waals surface area contributed by atoms with Crippen LogP contribution in [0.4, 0.5) is 0 Å². The Hall–Kier alpha value is -1.10. The third-order valence-electron chi connectivity index (χ3n) is 3.78. The molecule has 2 rings (SSSR count). The molecule has 0 spiro atoms. The number of hydrogen-bond donors (Lipinski definition) is 2. The highest BCUT2D eigenvalue weighted by Gasteiger charge is 2.32. The Morgan fingerprint density at radius 1 is 1.29 bits per heavy atom. The van der Waals surface area contributed by atoms with Gasteiger partial charge < -0.3 is 19.9 Å². The van der Waals surface area contributed by atoms with Crippen LogP contribution in [0, 0.1) is 5.92 Å². The third-order valence-corrected chi connectivity index (χ3v) is 3.78. The molecular formula is C17H27NO3. The second-order valence-electron chi connectivity index (χ2n) is 6.40. The van der Waals surface area contributed by atoms with Crippen molar-refractivity contribution >= 4 is 0 Å². The van der Waals surface area contributed by atoms with Crippen molar-refractivity contribution < 1.29 is 14.6 Å². The maximum atomic E-state index is 10.2. The molecule has 1 aromatic carbocycles. The quantitative estimate of drug-likeness (QED) is 0.811. The van der Waals surface area contributed by atoms with E-state index in [4.69, 9.17) is 9.47 Å². The molecule has 0 aliphatic carbocycles. The fourth-order valence-corrected chi connectivity index (χ4v) is 2.31. The summed E-state index contributed by atoms with van der Waals surface area (Å²) in [5.41, 5.74) is 0.476. The monoisotopic (exact) mass is 293 g/mol. The highest BCUT2D eigenvalue weighted by atomic mass is 16.5. The summed E-state index contributed by atoms with van der Waals surface area (Å²) in [6, 6.07) is 8.34. The van der Waals surface area contributed by atoms with Gasteiger partial charge in [-0.2, -0.15) is 0 Å². The summed E-state index contributed by atoms with van der Waals surface area (Å²) < 4.78 is 10.9. The summed E-state index contributed by atoms with van der Waals surface area (Å²) >= 11 is 0. The number of benzene rings is 1. The van der Waals surface area contributed by atoms with E-state index in [9.17, 15) is 5.11 Å².